The molecule has 0 amide bonds. The molecule has 0 spiro atoms. The molecule has 14 heavy (non-hydrogen) atoms. The fraction of sp³-hybridized carbons (Fsp3) is 0.182. The number of aromatic amines is 1. The molecule has 0 unspecified atom stereocenters. The van der Waals surface area contributed by atoms with Crippen LogP contribution in [0.15, 0.2) is 12.1 Å². The summed E-state index contributed by atoms with van der Waals surface area (Å²) >= 11 is 0. The molecule has 0 radical (unpaired) electrons. The number of hydrogen-bond donors (Lipinski definition) is 2. The van der Waals surface area contributed by atoms with Crippen LogP contribution in [0, 0.1) is 13.8 Å². The number of aldehydes is 1. The first-order chi connectivity index (χ1) is 6.63. The van der Waals surface area contributed by atoms with Gasteiger partial charge in [0.05, 0.1) is 0 Å². The van der Waals surface area contributed by atoms with Crippen LogP contribution in [-0.2, 0) is 0 Å². The summed E-state index contributed by atoms with van der Waals surface area (Å²) in [4.78, 5) is 14.0. The van der Waals surface area contributed by atoms with E-state index in [1.54, 1.807) is 12.1 Å². The lowest BCUT2D eigenvalue weighted by atomic mass is 10.1. The number of carbonyl (C=O) groups excluding carboxylic acids is 1. The minimum atomic E-state index is 0.192. The summed E-state index contributed by atoms with van der Waals surface area (Å²) in [6.07, 6.45) is 0.813. The normalized spacial score (nSPS) is 10.7. The van der Waals surface area contributed by atoms with Gasteiger partial charge >= 0.3 is 0 Å². The number of fused-ring (bicyclic) bond motifs is 1. The summed E-state index contributed by atoms with van der Waals surface area (Å²) < 4.78 is 0. The summed E-state index contributed by atoms with van der Waals surface area (Å²) in [7, 11) is 0. The quantitative estimate of drug-likeness (QED) is 0.676. The highest BCUT2D eigenvalue weighted by atomic mass is 16.3. The van der Waals surface area contributed by atoms with Gasteiger partial charge in [0.2, 0.25) is 0 Å². The number of aromatic nitrogens is 1. The number of rotatable bonds is 1. The Morgan fingerprint density at radius 1 is 1.36 bits per heavy atom. The molecule has 0 bridgehead atoms. The van der Waals surface area contributed by atoms with Gasteiger partial charge in [0.25, 0.3) is 0 Å². The number of phenolic OH excluding ortho intramolecular Hbond substituents is 1. The molecule has 1 aromatic heterocycles. The highest BCUT2D eigenvalue weighted by Crippen LogP contribution is 2.27. The number of aryl methyl sites for hydroxylation is 2. The van der Waals surface area contributed by atoms with Crippen molar-refractivity contribution in [2.45, 2.75) is 13.8 Å². The average Bonchev–Trinajstić information content (AvgIpc) is 2.41. The minimum Gasteiger partial charge on any atom is -0.508 e. The Balaban J connectivity index is 2.94. The van der Waals surface area contributed by atoms with E-state index >= 15 is 0 Å². The first-order valence-electron chi connectivity index (χ1n) is 4.40. The third-order valence-corrected chi connectivity index (χ3v) is 2.44. The lowest BCUT2D eigenvalue weighted by Gasteiger charge is -1.97. The summed E-state index contributed by atoms with van der Waals surface area (Å²) in [5, 5.41) is 10.2. The third kappa shape index (κ3) is 1.09. The molecule has 1 heterocycles. The highest BCUT2D eigenvalue weighted by Gasteiger charge is 2.09. The molecule has 72 valence electrons. The number of carbonyl (C=O) groups is 1. The molecule has 3 heteroatoms. The minimum absolute atomic E-state index is 0.192. The van der Waals surface area contributed by atoms with Gasteiger partial charge in [0, 0.05) is 22.2 Å². The number of nitrogens with one attached hydrogen (secondary N) is 1. The van der Waals surface area contributed by atoms with Crippen LogP contribution >= 0.6 is 0 Å². The van der Waals surface area contributed by atoms with Gasteiger partial charge in [-0.2, -0.15) is 0 Å². The van der Waals surface area contributed by atoms with Gasteiger partial charge in [0.1, 0.15) is 5.75 Å². The van der Waals surface area contributed by atoms with E-state index in [2.05, 4.69) is 4.98 Å². The summed E-state index contributed by atoms with van der Waals surface area (Å²) in [6.45, 7) is 3.74. The zero-order valence-electron chi connectivity index (χ0n) is 8.09. The van der Waals surface area contributed by atoms with Crippen molar-refractivity contribution in [1.82, 2.24) is 4.98 Å². The van der Waals surface area contributed by atoms with Crippen LogP contribution < -0.4 is 0 Å². The SMILES string of the molecule is Cc1[nH]c2c(C)cc(O)cc2c1C=O. The lowest BCUT2D eigenvalue weighted by Crippen LogP contribution is -1.80. The van der Waals surface area contributed by atoms with Gasteiger partial charge in [-0.15, -0.1) is 0 Å². The van der Waals surface area contributed by atoms with Gasteiger partial charge in [-0.05, 0) is 31.5 Å². The van der Waals surface area contributed by atoms with Gasteiger partial charge < -0.3 is 10.1 Å². The van der Waals surface area contributed by atoms with Crippen molar-refractivity contribution in [3.05, 3.63) is 29.0 Å². The topological polar surface area (TPSA) is 53.1 Å². The number of phenols is 1. The van der Waals surface area contributed by atoms with Crippen LogP contribution in [0.2, 0.25) is 0 Å². The first kappa shape index (κ1) is 8.81. The van der Waals surface area contributed by atoms with Gasteiger partial charge in [-0.25, -0.2) is 0 Å². The van der Waals surface area contributed by atoms with Crippen LogP contribution in [0.4, 0.5) is 0 Å². The van der Waals surface area contributed by atoms with Crippen LogP contribution in [0.1, 0.15) is 21.6 Å². The van der Waals surface area contributed by atoms with Gasteiger partial charge in [0.15, 0.2) is 6.29 Å². The predicted octanol–water partition coefficient (Wildman–Crippen LogP) is 2.30. The molecule has 0 atom stereocenters. The standard InChI is InChI=1S/C11H11NO2/c1-6-3-8(14)4-9-10(5-13)7(2)12-11(6)9/h3-5,12,14H,1-2H3. The number of H-pyrrole nitrogens is 1. The van der Waals surface area contributed by atoms with Gasteiger partial charge in [-0.3, -0.25) is 4.79 Å². The number of hydrogen-bond acceptors (Lipinski definition) is 2. The Labute approximate surface area is 81.4 Å². The summed E-state index contributed by atoms with van der Waals surface area (Å²) in [5.41, 5.74) is 3.32. The first-order valence-corrected chi connectivity index (χ1v) is 4.40. The zero-order valence-corrected chi connectivity index (χ0v) is 8.09. The molecule has 0 aliphatic heterocycles. The predicted molar refractivity (Wildman–Crippen MR) is 54.8 cm³/mol. The van der Waals surface area contributed by atoms with Crippen molar-refractivity contribution in [2.75, 3.05) is 0 Å². The van der Waals surface area contributed by atoms with E-state index in [0.717, 1.165) is 28.4 Å². The van der Waals surface area contributed by atoms with Crippen LogP contribution in [0.3, 0.4) is 0 Å². The maximum atomic E-state index is 10.8. The van der Waals surface area contributed by atoms with Crippen LogP contribution in [-0.4, -0.2) is 16.4 Å². The number of aromatic hydroxyl groups is 1. The van der Waals surface area contributed by atoms with Crippen molar-refractivity contribution in [1.29, 1.82) is 0 Å². The van der Waals surface area contributed by atoms with E-state index in [1.807, 2.05) is 13.8 Å². The van der Waals surface area contributed by atoms with E-state index in [4.69, 9.17) is 0 Å². The Hall–Kier alpha value is -1.77. The van der Waals surface area contributed by atoms with Crippen molar-refractivity contribution in [2.24, 2.45) is 0 Å². The fourth-order valence-electron chi connectivity index (χ4n) is 1.76. The Morgan fingerprint density at radius 3 is 2.71 bits per heavy atom. The van der Waals surface area contributed by atoms with Crippen molar-refractivity contribution in [3.63, 3.8) is 0 Å². The molecule has 0 aliphatic carbocycles. The van der Waals surface area contributed by atoms with Crippen LogP contribution in [0.5, 0.6) is 5.75 Å². The molecule has 0 saturated carbocycles. The third-order valence-electron chi connectivity index (χ3n) is 2.44. The van der Waals surface area contributed by atoms with E-state index in [1.165, 1.54) is 0 Å². The maximum absolute atomic E-state index is 10.8. The number of benzene rings is 1. The second-order valence-electron chi connectivity index (χ2n) is 3.47. The molecule has 2 rings (SSSR count). The second-order valence-corrected chi connectivity index (χ2v) is 3.47. The maximum Gasteiger partial charge on any atom is 0.152 e. The van der Waals surface area contributed by atoms with E-state index in [-0.39, 0.29) is 5.75 Å². The molecule has 1 aromatic carbocycles. The fourth-order valence-corrected chi connectivity index (χ4v) is 1.76. The van der Waals surface area contributed by atoms with Crippen molar-refractivity contribution < 1.29 is 9.90 Å². The Bertz CT molecular complexity index is 511. The molecule has 0 saturated heterocycles. The average molecular weight is 189 g/mol. The van der Waals surface area contributed by atoms with E-state index in [9.17, 15) is 9.90 Å². The molecule has 0 fully saturated rings. The van der Waals surface area contributed by atoms with Crippen LogP contribution in [0.25, 0.3) is 10.9 Å². The zero-order chi connectivity index (χ0) is 10.3. The van der Waals surface area contributed by atoms with Crippen molar-refractivity contribution in [3.8, 4) is 5.75 Å². The molecule has 2 N–H and O–H groups in total. The second kappa shape index (κ2) is 2.87. The molecule has 2 aromatic rings. The largest absolute Gasteiger partial charge is 0.508 e. The smallest absolute Gasteiger partial charge is 0.152 e. The summed E-state index contributed by atoms with van der Waals surface area (Å²) in [6, 6.07) is 3.28. The lowest BCUT2D eigenvalue weighted by molar-refractivity contribution is 0.112. The molecular formula is C11H11NO2. The Kier molecular flexibility index (Phi) is 1.81. The molecular weight excluding hydrogens is 178 g/mol. The van der Waals surface area contributed by atoms with E-state index in [0.29, 0.717) is 5.56 Å². The highest BCUT2D eigenvalue weighted by molar-refractivity contribution is 6.00. The van der Waals surface area contributed by atoms with Crippen molar-refractivity contribution >= 4 is 17.2 Å². The van der Waals surface area contributed by atoms with E-state index < -0.39 is 0 Å². The molecule has 0 aliphatic rings. The summed E-state index contributed by atoms with van der Waals surface area (Å²) in [5.74, 6) is 0.192. The van der Waals surface area contributed by atoms with Gasteiger partial charge in [-0.1, -0.05) is 0 Å². The molecule has 3 nitrogen and oxygen atoms in total. The Morgan fingerprint density at radius 2 is 2.07 bits per heavy atom. The monoisotopic (exact) mass is 189 g/mol.